The number of halogens is 1. The molecule has 1 N–H and O–H groups in total. The molecule has 0 saturated carbocycles. The van der Waals surface area contributed by atoms with Gasteiger partial charge in [-0.15, -0.1) is 0 Å². The smallest absolute Gasteiger partial charge is 0.311 e. The van der Waals surface area contributed by atoms with Crippen molar-refractivity contribution in [2.45, 2.75) is 0 Å². The first-order chi connectivity index (χ1) is 8.18. The molecule has 0 atom stereocenters. The SMILES string of the molecule is O=[N+]([O-])c1cccnc1Nc1cccnc1Cl. The van der Waals surface area contributed by atoms with Crippen molar-refractivity contribution in [3.8, 4) is 0 Å². The summed E-state index contributed by atoms with van der Waals surface area (Å²) in [5.41, 5.74) is 0.350. The molecule has 0 aromatic carbocycles. The van der Waals surface area contributed by atoms with Crippen molar-refractivity contribution in [1.29, 1.82) is 0 Å². The van der Waals surface area contributed by atoms with Gasteiger partial charge in [0.25, 0.3) is 0 Å². The van der Waals surface area contributed by atoms with E-state index in [1.165, 1.54) is 24.5 Å². The van der Waals surface area contributed by atoms with E-state index in [9.17, 15) is 10.1 Å². The van der Waals surface area contributed by atoms with Crippen LogP contribution in [-0.2, 0) is 0 Å². The molecule has 0 bridgehead atoms. The van der Waals surface area contributed by atoms with E-state index in [0.717, 1.165) is 0 Å². The first-order valence-electron chi connectivity index (χ1n) is 4.65. The van der Waals surface area contributed by atoms with Crippen LogP contribution in [0.4, 0.5) is 17.2 Å². The van der Waals surface area contributed by atoms with Gasteiger partial charge in [0, 0.05) is 18.5 Å². The maximum Gasteiger partial charge on any atom is 0.311 e. The van der Waals surface area contributed by atoms with Gasteiger partial charge in [-0.25, -0.2) is 9.97 Å². The van der Waals surface area contributed by atoms with Crippen molar-refractivity contribution in [3.05, 3.63) is 51.9 Å². The first kappa shape index (κ1) is 11.3. The number of nitrogens with zero attached hydrogens (tertiary/aromatic N) is 3. The molecule has 0 saturated heterocycles. The normalized spacial score (nSPS) is 9.94. The molecular formula is C10H7ClN4O2. The highest BCUT2D eigenvalue weighted by Gasteiger charge is 2.14. The topological polar surface area (TPSA) is 81.0 Å². The van der Waals surface area contributed by atoms with E-state index in [4.69, 9.17) is 11.6 Å². The van der Waals surface area contributed by atoms with Crippen LogP contribution in [-0.4, -0.2) is 14.9 Å². The van der Waals surface area contributed by atoms with Crippen LogP contribution < -0.4 is 5.32 Å². The molecule has 7 heteroatoms. The molecule has 0 aliphatic heterocycles. The molecule has 0 aliphatic carbocycles. The summed E-state index contributed by atoms with van der Waals surface area (Å²) in [4.78, 5) is 18.0. The third kappa shape index (κ3) is 2.48. The summed E-state index contributed by atoms with van der Waals surface area (Å²) in [6.07, 6.45) is 2.99. The number of hydrogen-bond acceptors (Lipinski definition) is 5. The van der Waals surface area contributed by atoms with E-state index in [0.29, 0.717) is 5.69 Å². The van der Waals surface area contributed by atoms with Crippen LogP contribution in [0.5, 0.6) is 0 Å². The molecular weight excluding hydrogens is 244 g/mol. The van der Waals surface area contributed by atoms with Crippen LogP contribution in [0, 0.1) is 10.1 Å². The number of pyridine rings is 2. The molecule has 2 heterocycles. The number of nitro groups is 1. The molecule has 2 rings (SSSR count). The zero-order valence-corrected chi connectivity index (χ0v) is 9.26. The van der Waals surface area contributed by atoms with Crippen molar-refractivity contribution in [2.75, 3.05) is 5.32 Å². The number of hydrogen-bond donors (Lipinski definition) is 1. The van der Waals surface area contributed by atoms with Crippen LogP contribution >= 0.6 is 11.6 Å². The van der Waals surface area contributed by atoms with Gasteiger partial charge in [0.05, 0.1) is 10.6 Å². The molecule has 0 spiro atoms. The van der Waals surface area contributed by atoms with Gasteiger partial charge < -0.3 is 5.32 Å². The minimum Gasteiger partial charge on any atom is -0.332 e. The number of anilines is 2. The van der Waals surface area contributed by atoms with E-state index in [2.05, 4.69) is 15.3 Å². The van der Waals surface area contributed by atoms with Crippen molar-refractivity contribution in [3.63, 3.8) is 0 Å². The predicted octanol–water partition coefficient (Wildman–Crippen LogP) is 2.78. The van der Waals surface area contributed by atoms with Gasteiger partial charge in [-0.2, -0.15) is 0 Å². The lowest BCUT2D eigenvalue weighted by Crippen LogP contribution is -1.99. The lowest BCUT2D eigenvalue weighted by atomic mass is 10.3. The molecule has 2 aromatic heterocycles. The maximum absolute atomic E-state index is 10.8. The van der Waals surface area contributed by atoms with Gasteiger partial charge in [0.2, 0.25) is 5.82 Å². The Kier molecular flexibility index (Phi) is 3.15. The molecule has 6 nitrogen and oxygen atoms in total. The highest BCUT2D eigenvalue weighted by Crippen LogP contribution is 2.27. The van der Waals surface area contributed by atoms with Crippen LogP contribution in [0.1, 0.15) is 0 Å². The van der Waals surface area contributed by atoms with E-state index in [1.807, 2.05) is 0 Å². The van der Waals surface area contributed by atoms with Gasteiger partial charge in [0.1, 0.15) is 0 Å². The molecule has 2 aromatic rings. The highest BCUT2D eigenvalue weighted by molar-refractivity contribution is 6.32. The molecule has 0 radical (unpaired) electrons. The summed E-state index contributed by atoms with van der Waals surface area (Å²) >= 11 is 5.83. The Morgan fingerprint density at radius 3 is 2.65 bits per heavy atom. The minimum atomic E-state index is -0.514. The second kappa shape index (κ2) is 4.75. The lowest BCUT2D eigenvalue weighted by molar-refractivity contribution is -0.384. The Bertz CT molecular complexity index is 562. The zero-order valence-electron chi connectivity index (χ0n) is 8.50. The fourth-order valence-electron chi connectivity index (χ4n) is 1.25. The number of aromatic nitrogens is 2. The Morgan fingerprint density at radius 2 is 1.94 bits per heavy atom. The summed E-state index contributed by atoms with van der Waals surface area (Å²) in [6, 6.07) is 6.19. The average Bonchev–Trinajstić information content (AvgIpc) is 2.32. The zero-order chi connectivity index (χ0) is 12.3. The fourth-order valence-corrected chi connectivity index (χ4v) is 1.41. The second-order valence-electron chi connectivity index (χ2n) is 3.10. The fraction of sp³-hybridized carbons (Fsp3) is 0. The molecule has 0 amide bonds. The van der Waals surface area contributed by atoms with Crippen LogP contribution in [0.25, 0.3) is 0 Å². The predicted molar refractivity (Wildman–Crippen MR) is 63.4 cm³/mol. The lowest BCUT2D eigenvalue weighted by Gasteiger charge is -2.06. The third-order valence-electron chi connectivity index (χ3n) is 2.00. The van der Waals surface area contributed by atoms with Crippen molar-refractivity contribution < 1.29 is 4.92 Å². The summed E-state index contributed by atoms with van der Waals surface area (Å²) < 4.78 is 0. The highest BCUT2D eigenvalue weighted by atomic mass is 35.5. The molecule has 86 valence electrons. The summed E-state index contributed by atoms with van der Waals surface area (Å²) in [5, 5.41) is 13.8. The largest absolute Gasteiger partial charge is 0.332 e. The molecule has 0 aliphatic rings. The monoisotopic (exact) mass is 250 g/mol. The van der Waals surface area contributed by atoms with Crippen LogP contribution in [0.15, 0.2) is 36.7 Å². The summed E-state index contributed by atoms with van der Waals surface area (Å²) in [7, 11) is 0. The van der Waals surface area contributed by atoms with E-state index < -0.39 is 4.92 Å². The first-order valence-corrected chi connectivity index (χ1v) is 5.03. The molecule has 0 fully saturated rings. The summed E-state index contributed by atoms with van der Waals surface area (Å²) in [6.45, 7) is 0. The second-order valence-corrected chi connectivity index (χ2v) is 3.45. The van der Waals surface area contributed by atoms with Crippen molar-refractivity contribution >= 4 is 28.8 Å². The van der Waals surface area contributed by atoms with Crippen LogP contribution in [0.3, 0.4) is 0 Å². The van der Waals surface area contributed by atoms with Gasteiger partial charge in [0.15, 0.2) is 5.15 Å². The molecule has 0 unspecified atom stereocenters. The summed E-state index contributed by atoms with van der Waals surface area (Å²) in [5.74, 6) is 0.132. The van der Waals surface area contributed by atoms with Gasteiger partial charge in [-0.3, -0.25) is 10.1 Å². The number of rotatable bonds is 3. The van der Waals surface area contributed by atoms with Gasteiger partial charge in [-0.1, -0.05) is 11.6 Å². The van der Waals surface area contributed by atoms with E-state index >= 15 is 0 Å². The standard InChI is InChI=1S/C10H7ClN4O2/c11-9-7(3-1-5-12-9)14-10-8(15(16)17)4-2-6-13-10/h1-6H,(H,13,14). The van der Waals surface area contributed by atoms with Gasteiger partial charge >= 0.3 is 5.69 Å². The Morgan fingerprint density at radius 1 is 1.24 bits per heavy atom. The van der Waals surface area contributed by atoms with Crippen LogP contribution in [0.2, 0.25) is 5.15 Å². The number of nitrogens with one attached hydrogen (secondary N) is 1. The Labute approximate surface area is 101 Å². The molecule has 17 heavy (non-hydrogen) atoms. The Hall–Kier alpha value is -2.21. The van der Waals surface area contributed by atoms with E-state index in [-0.39, 0.29) is 16.7 Å². The van der Waals surface area contributed by atoms with Crippen molar-refractivity contribution in [2.24, 2.45) is 0 Å². The van der Waals surface area contributed by atoms with Gasteiger partial charge in [-0.05, 0) is 18.2 Å². The van der Waals surface area contributed by atoms with E-state index in [1.54, 1.807) is 12.1 Å². The average molecular weight is 251 g/mol. The Balaban J connectivity index is 2.37. The van der Waals surface area contributed by atoms with Crippen molar-refractivity contribution in [1.82, 2.24) is 9.97 Å². The maximum atomic E-state index is 10.8. The third-order valence-corrected chi connectivity index (χ3v) is 2.30. The quantitative estimate of drug-likeness (QED) is 0.515. The minimum absolute atomic E-state index is 0.118.